The molecular formula is C16H9F3N2O2S2. The molecule has 2 heterocycles. The van der Waals surface area contributed by atoms with Crippen LogP contribution in [0.2, 0.25) is 0 Å². The number of halogens is 3. The molecule has 0 bridgehead atoms. The maximum absolute atomic E-state index is 12.9. The molecule has 0 atom stereocenters. The third kappa shape index (κ3) is 3.47. The van der Waals surface area contributed by atoms with E-state index in [-0.39, 0.29) is 16.4 Å². The van der Waals surface area contributed by atoms with Crippen molar-refractivity contribution in [1.29, 1.82) is 0 Å². The van der Waals surface area contributed by atoms with Crippen LogP contribution >= 0.6 is 23.6 Å². The Kier molecular flexibility index (Phi) is 4.44. The van der Waals surface area contributed by atoms with Crippen molar-refractivity contribution in [1.82, 2.24) is 5.32 Å². The van der Waals surface area contributed by atoms with Gasteiger partial charge in [0.15, 0.2) is 5.11 Å². The minimum atomic E-state index is -4.56. The van der Waals surface area contributed by atoms with Crippen molar-refractivity contribution in [3.8, 4) is 0 Å². The van der Waals surface area contributed by atoms with Crippen LogP contribution in [0.15, 0.2) is 47.4 Å². The lowest BCUT2D eigenvalue weighted by Crippen LogP contribution is -2.54. The fourth-order valence-corrected chi connectivity index (χ4v) is 3.17. The number of nitrogens with zero attached hydrogens (tertiary/aromatic N) is 1. The first-order valence-corrected chi connectivity index (χ1v) is 8.18. The van der Waals surface area contributed by atoms with Crippen molar-refractivity contribution in [3.05, 3.63) is 57.8 Å². The topological polar surface area (TPSA) is 49.4 Å². The monoisotopic (exact) mass is 382 g/mol. The lowest BCUT2D eigenvalue weighted by Gasteiger charge is -2.29. The van der Waals surface area contributed by atoms with Gasteiger partial charge in [0, 0.05) is 4.88 Å². The summed E-state index contributed by atoms with van der Waals surface area (Å²) in [5.74, 6) is -1.46. The van der Waals surface area contributed by atoms with Crippen LogP contribution in [0.4, 0.5) is 18.9 Å². The number of thiophene rings is 1. The third-order valence-electron chi connectivity index (χ3n) is 3.36. The Morgan fingerprint density at radius 3 is 2.56 bits per heavy atom. The molecule has 1 aromatic carbocycles. The third-order valence-corrected chi connectivity index (χ3v) is 4.47. The minimum absolute atomic E-state index is 0.0677. The van der Waals surface area contributed by atoms with E-state index in [1.165, 1.54) is 29.5 Å². The fraction of sp³-hybridized carbons (Fsp3) is 0.0625. The van der Waals surface area contributed by atoms with E-state index >= 15 is 0 Å². The Balaban J connectivity index is 2.03. The first-order valence-electron chi connectivity index (χ1n) is 6.89. The van der Waals surface area contributed by atoms with Gasteiger partial charge in [0.1, 0.15) is 5.57 Å². The van der Waals surface area contributed by atoms with Gasteiger partial charge in [-0.2, -0.15) is 13.2 Å². The molecule has 128 valence electrons. The highest BCUT2D eigenvalue weighted by Gasteiger charge is 2.36. The van der Waals surface area contributed by atoms with Crippen LogP contribution in [-0.2, 0) is 15.8 Å². The SMILES string of the molecule is O=C1NC(=S)N(c2cccc(C(F)(F)F)c2)C(=O)/C1=C/c1cccs1. The lowest BCUT2D eigenvalue weighted by atomic mass is 10.1. The second-order valence-electron chi connectivity index (χ2n) is 5.02. The second kappa shape index (κ2) is 6.41. The van der Waals surface area contributed by atoms with Gasteiger partial charge in [-0.25, -0.2) is 0 Å². The molecule has 25 heavy (non-hydrogen) atoms. The number of carbonyl (C=O) groups excluding carboxylic acids is 2. The molecule has 4 nitrogen and oxygen atoms in total. The van der Waals surface area contributed by atoms with E-state index in [1.807, 2.05) is 0 Å². The number of hydrogen-bond donors (Lipinski definition) is 1. The number of hydrogen-bond acceptors (Lipinski definition) is 4. The molecule has 1 aliphatic rings. The predicted octanol–water partition coefficient (Wildman–Crippen LogP) is 3.60. The van der Waals surface area contributed by atoms with E-state index in [1.54, 1.807) is 17.5 Å². The van der Waals surface area contributed by atoms with Crippen molar-refractivity contribution < 1.29 is 22.8 Å². The van der Waals surface area contributed by atoms with E-state index < -0.39 is 23.6 Å². The first-order chi connectivity index (χ1) is 11.8. The number of nitrogens with one attached hydrogen (secondary N) is 1. The minimum Gasteiger partial charge on any atom is -0.298 e. The predicted molar refractivity (Wildman–Crippen MR) is 92.0 cm³/mol. The quantitative estimate of drug-likeness (QED) is 0.491. The summed E-state index contributed by atoms with van der Waals surface area (Å²) in [5, 5.41) is 3.84. The second-order valence-corrected chi connectivity index (χ2v) is 6.39. The molecular weight excluding hydrogens is 373 g/mol. The van der Waals surface area contributed by atoms with Gasteiger partial charge in [-0.05, 0) is 47.9 Å². The summed E-state index contributed by atoms with van der Waals surface area (Å²) >= 11 is 6.28. The largest absolute Gasteiger partial charge is 0.416 e. The molecule has 2 amide bonds. The summed E-state index contributed by atoms with van der Waals surface area (Å²) in [6, 6.07) is 7.65. The van der Waals surface area contributed by atoms with Crippen molar-refractivity contribution in [2.24, 2.45) is 0 Å². The molecule has 1 aromatic heterocycles. The number of alkyl halides is 3. The standard InChI is InChI=1S/C16H9F3N2O2S2/c17-16(18,19)9-3-1-4-10(7-9)21-14(23)12(13(22)20-15(21)24)8-11-5-2-6-25-11/h1-8H,(H,20,22,24)/b12-8+. The molecule has 1 saturated heterocycles. The molecule has 0 unspecified atom stereocenters. The van der Waals surface area contributed by atoms with Crippen LogP contribution < -0.4 is 10.2 Å². The van der Waals surface area contributed by atoms with E-state index in [9.17, 15) is 22.8 Å². The van der Waals surface area contributed by atoms with E-state index in [0.717, 1.165) is 17.0 Å². The zero-order valence-electron chi connectivity index (χ0n) is 12.3. The molecule has 3 rings (SSSR count). The first kappa shape index (κ1) is 17.3. The Hall–Kier alpha value is -2.52. The summed E-state index contributed by atoms with van der Waals surface area (Å²) in [5.41, 5.74) is -1.18. The number of carbonyl (C=O) groups is 2. The van der Waals surface area contributed by atoms with Gasteiger partial charge in [-0.3, -0.25) is 19.8 Å². The molecule has 0 saturated carbocycles. The van der Waals surface area contributed by atoms with Crippen LogP contribution in [0.3, 0.4) is 0 Å². The molecule has 1 N–H and O–H groups in total. The van der Waals surface area contributed by atoms with E-state index in [4.69, 9.17) is 12.2 Å². The summed E-state index contributed by atoms with van der Waals surface area (Å²) in [6.07, 6.45) is -3.18. The summed E-state index contributed by atoms with van der Waals surface area (Å²) in [6.45, 7) is 0. The van der Waals surface area contributed by atoms with E-state index in [0.29, 0.717) is 4.88 Å². The summed E-state index contributed by atoms with van der Waals surface area (Å²) in [4.78, 5) is 26.3. The maximum Gasteiger partial charge on any atom is 0.416 e. The summed E-state index contributed by atoms with van der Waals surface area (Å²) in [7, 11) is 0. The maximum atomic E-state index is 12.9. The van der Waals surface area contributed by atoms with Gasteiger partial charge in [0.2, 0.25) is 0 Å². The number of anilines is 1. The highest BCUT2D eigenvalue weighted by atomic mass is 32.1. The van der Waals surface area contributed by atoms with Gasteiger partial charge in [0.25, 0.3) is 11.8 Å². The highest BCUT2D eigenvalue weighted by molar-refractivity contribution is 7.80. The average molecular weight is 382 g/mol. The van der Waals surface area contributed by atoms with Crippen LogP contribution in [0.5, 0.6) is 0 Å². The van der Waals surface area contributed by atoms with Gasteiger partial charge >= 0.3 is 6.18 Å². The van der Waals surface area contributed by atoms with Gasteiger partial charge in [0.05, 0.1) is 11.3 Å². The fourth-order valence-electron chi connectivity index (χ4n) is 2.23. The van der Waals surface area contributed by atoms with Crippen molar-refractivity contribution >= 4 is 52.2 Å². The van der Waals surface area contributed by atoms with Crippen LogP contribution in [0.1, 0.15) is 10.4 Å². The average Bonchev–Trinajstić information content (AvgIpc) is 3.04. The van der Waals surface area contributed by atoms with Crippen LogP contribution in [0.25, 0.3) is 6.08 Å². The molecule has 1 aliphatic heterocycles. The smallest absolute Gasteiger partial charge is 0.298 e. The molecule has 0 spiro atoms. The van der Waals surface area contributed by atoms with Crippen LogP contribution in [0, 0.1) is 0 Å². The Morgan fingerprint density at radius 1 is 1.16 bits per heavy atom. The van der Waals surface area contributed by atoms with Crippen LogP contribution in [-0.4, -0.2) is 16.9 Å². The molecule has 0 radical (unpaired) electrons. The highest BCUT2D eigenvalue weighted by Crippen LogP contribution is 2.32. The zero-order valence-corrected chi connectivity index (χ0v) is 14.0. The Labute approximate surface area is 149 Å². The zero-order chi connectivity index (χ0) is 18.2. The molecule has 2 aromatic rings. The van der Waals surface area contributed by atoms with Crippen molar-refractivity contribution in [2.45, 2.75) is 6.18 Å². The van der Waals surface area contributed by atoms with Gasteiger partial charge < -0.3 is 0 Å². The Bertz CT molecular complexity index is 889. The van der Waals surface area contributed by atoms with Gasteiger partial charge in [-0.15, -0.1) is 11.3 Å². The lowest BCUT2D eigenvalue weighted by molar-refractivity contribution is -0.137. The Morgan fingerprint density at radius 2 is 1.92 bits per heavy atom. The number of benzene rings is 1. The van der Waals surface area contributed by atoms with Crippen molar-refractivity contribution in [2.75, 3.05) is 4.90 Å². The molecule has 1 fully saturated rings. The molecule has 0 aliphatic carbocycles. The van der Waals surface area contributed by atoms with Gasteiger partial charge in [-0.1, -0.05) is 12.1 Å². The normalized spacial score (nSPS) is 17.2. The number of rotatable bonds is 2. The number of thiocarbonyl (C=S) groups is 1. The number of amides is 2. The molecule has 9 heteroatoms. The van der Waals surface area contributed by atoms with E-state index in [2.05, 4.69) is 5.32 Å². The summed E-state index contributed by atoms with van der Waals surface area (Å²) < 4.78 is 38.7. The van der Waals surface area contributed by atoms with Crippen molar-refractivity contribution in [3.63, 3.8) is 0 Å².